The Morgan fingerprint density at radius 1 is 1.07 bits per heavy atom. The van der Waals surface area contributed by atoms with Gasteiger partial charge in [0.1, 0.15) is 17.7 Å². The van der Waals surface area contributed by atoms with Crippen LogP contribution in [-0.2, 0) is 36.9 Å². The van der Waals surface area contributed by atoms with Crippen molar-refractivity contribution < 1.29 is 41.5 Å². The molecule has 5 N–H and O–H groups in total. The molecule has 10 nitrogen and oxygen atoms in total. The molecule has 2 aromatic carbocycles. The highest BCUT2D eigenvalue weighted by Crippen LogP contribution is 2.27. The van der Waals surface area contributed by atoms with Crippen molar-refractivity contribution in [3.05, 3.63) is 71.0 Å². The van der Waals surface area contributed by atoms with Crippen LogP contribution in [0.2, 0.25) is 0 Å². The van der Waals surface area contributed by atoms with E-state index in [2.05, 4.69) is 15.4 Å². The molecule has 226 valence electrons. The molecule has 0 radical (unpaired) electrons. The number of nitrogen functional groups attached to an aromatic ring is 1. The maximum Gasteiger partial charge on any atom is 0.491 e. The van der Waals surface area contributed by atoms with E-state index in [0.717, 1.165) is 11.1 Å². The highest BCUT2D eigenvalue weighted by atomic mass is 19.4. The molecule has 2 aromatic rings. The lowest BCUT2D eigenvalue weighted by atomic mass is 9.96. The number of nitrogens with zero attached hydrogens (tertiary/aromatic N) is 1. The van der Waals surface area contributed by atoms with E-state index in [9.17, 15) is 36.7 Å². The van der Waals surface area contributed by atoms with Crippen molar-refractivity contribution in [3.8, 4) is 0 Å². The Morgan fingerprint density at radius 3 is 2.29 bits per heavy atom. The monoisotopic (exact) mass is 593 g/mol. The minimum Gasteiger partial charge on any atom is -0.386 e. The summed E-state index contributed by atoms with van der Waals surface area (Å²) in [5.74, 6) is -5.62. The molecule has 1 fully saturated rings. The number of carbonyl (C=O) groups is 4. The minimum absolute atomic E-state index is 0.0885. The number of esters is 2. The summed E-state index contributed by atoms with van der Waals surface area (Å²) >= 11 is 0. The number of halogens is 4. The molecule has 1 aliphatic rings. The van der Waals surface area contributed by atoms with E-state index in [0.29, 0.717) is 18.4 Å². The summed E-state index contributed by atoms with van der Waals surface area (Å²) in [4.78, 5) is 50.3. The van der Waals surface area contributed by atoms with Gasteiger partial charge in [0.25, 0.3) is 0 Å². The maximum absolute atomic E-state index is 13.3. The molecule has 14 heteroatoms. The Kier molecular flexibility index (Phi) is 10.8. The summed E-state index contributed by atoms with van der Waals surface area (Å²) < 4.78 is 54.4. The van der Waals surface area contributed by atoms with Crippen LogP contribution in [0.5, 0.6) is 0 Å². The third-order valence-corrected chi connectivity index (χ3v) is 6.76. The number of hydrogen-bond acceptors (Lipinski definition) is 7. The Labute approximate surface area is 239 Å². The summed E-state index contributed by atoms with van der Waals surface area (Å²) in [7, 11) is 0. The van der Waals surface area contributed by atoms with Crippen LogP contribution in [0.3, 0.4) is 0 Å². The second-order valence-electron chi connectivity index (χ2n) is 10.0. The lowest BCUT2D eigenvalue weighted by Crippen LogP contribution is -2.51. The number of alkyl halides is 3. The fourth-order valence-electron chi connectivity index (χ4n) is 4.59. The number of ether oxygens (including phenoxy) is 1. The average Bonchev–Trinajstić information content (AvgIpc) is 3.34. The van der Waals surface area contributed by atoms with Gasteiger partial charge in [-0.1, -0.05) is 36.4 Å². The van der Waals surface area contributed by atoms with Crippen LogP contribution in [0.1, 0.15) is 36.5 Å². The second-order valence-corrected chi connectivity index (χ2v) is 10.0. The van der Waals surface area contributed by atoms with Gasteiger partial charge in [-0.2, -0.15) is 13.2 Å². The normalized spacial score (nSPS) is 17.7. The Hall–Kier alpha value is -4.33. The standard InChI is InChI=1S/C28H31F4N5O5/c1-16(25(39)35-14-18-2-6-20(7-3-18)24(33)34)36-26(40)22-13-19(12-17-4-8-21(29)9-5-17)15-37(22)11-10-23(38)42-27(41)28(30,31)32/h2-9,16,19,22H,10-15H2,1H3,(H3,33,34)(H,35,39)(H,36,40)/t16-,19-,22+/m0/s1. The first-order valence-electron chi connectivity index (χ1n) is 13.0. The molecule has 0 unspecified atom stereocenters. The molecule has 1 aliphatic heterocycles. The molecule has 3 rings (SSSR count). The molecule has 3 atom stereocenters. The van der Waals surface area contributed by atoms with E-state index in [1.807, 2.05) is 0 Å². The molecule has 0 aromatic heterocycles. The van der Waals surface area contributed by atoms with Crippen molar-refractivity contribution in [1.29, 1.82) is 5.41 Å². The van der Waals surface area contributed by atoms with Crippen molar-refractivity contribution in [1.82, 2.24) is 15.5 Å². The number of rotatable bonds is 11. The number of amidine groups is 1. The number of carbonyl (C=O) groups excluding carboxylic acids is 4. The van der Waals surface area contributed by atoms with E-state index in [4.69, 9.17) is 11.1 Å². The van der Waals surface area contributed by atoms with E-state index in [1.54, 1.807) is 41.3 Å². The molecule has 0 spiro atoms. The van der Waals surface area contributed by atoms with Gasteiger partial charge in [-0.05, 0) is 48.9 Å². The Bertz CT molecular complexity index is 1300. The number of nitrogens with one attached hydrogen (secondary N) is 3. The van der Waals surface area contributed by atoms with Gasteiger partial charge in [-0.25, -0.2) is 9.18 Å². The molecule has 0 aliphatic carbocycles. The van der Waals surface area contributed by atoms with Crippen LogP contribution in [0.25, 0.3) is 0 Å². The SMILES string of the molecule is C[C@H](NC(=O)[C@H]1C[C@H](Cc2ccc(F)cc2)CN1CCC(=O)OC(=O)C(F)(F)F)C(=O)NCc1ccc(C(=N)N)cc1. The number of nitrogens with two attached hydrogens (primary N) is 1. The van der Waals surface area contributed by atoms with Gasteiger partial charge in [0.05, 0.1) is 12.5 Å². The number of amides is 2. The number of likely N-dealkylation sites (tertiary alicyclic amines) is 1. The van der Waals surface area contributed by atoms with E-state index in [-0.39, 0.29) is 31.4 Å². The van der Waals surface area contributed by atoms with Crippen LogP contribution in [0.4, 0.5) is 17.6 Å². The molecular weight excluding hydrogens is 562 g/mol. The maximum atomic E-state index is 13.3. The zero-order valence-electron chi connectivity index (χ0n) is 22.7. The third kappa shape index (κ3) is 9.36. The fraction of sp³-hybridized carbons (Fsp3) is 0.393. The average molecular weight is 594 g/mol. The molecule has 0 bridgehead atoms. The van der Waals surface area contributed by atoms with Crippen LogP contribution in [-0.4, -0.2) is 65.8 Å². The van der Waals surface area contributed by atoms with Crippen LogP contribution < -0.4 is 16.4 Å². The lowest BCUT2D eigenvalue weighted by molar-refractivity contribution is -0.201. The summed E-state index contributed by atoms with van der Waals surface area (Å²) in [5, 5.41) is 12.8. The molecule has 0 saturated carbocycles. The summed E-state index contributed by atoms with van der Waals surface area (Å²) in [6.07, 6.45) is -5.12. The van der Waals surface area contributed by atoms with E-state index in [1.165, 1.54) is 19.1 Å². The van der Waals surface area contributed by atoms with E-state index < -0.39 is 54.3 Å². The molecule has 1 saturated heterocycles. The van der Waals surface area contributed by atoms with Crippen LogP contribution in [0, 0.1) is 17.1 Å². The van der Waals surface area contributed by atoms with Gasteiger partial charge < -0.3 is 21.1 Å². The summed E-state index contributed by atoms with van der Waals surface area (Å²) in [5.41, 5.74) is 7.52. The molecular formula is C28H31F4N5O5. The Morgan fingerprint density at radius 2 is 1.69 bits per heavy atom. The van der Waals surface area contributed by atoms with Crippen molar-refractivity contribution in [2.24, 2.45) is 11.7 Å². The molecule has 2 amide bonds. The first kappa shape index (κ1) is 32.2. The van der Waals surface area contributed by atoms with Gasteiger partial charge in [0.2, 0.25) is 11.8 Å². The van der Waals surface area contributed by atoms with Crippen molar-refractivity contribution in [2.45, 2.75) is 51.0 Å². The lowest BCUT2D eigenvalue weighted by Gasteiger charge is -2.24. The first-order chi connectivity index (χ1) is 19.7. The van der Waals surface area contributed by atoms with Crippen molar-refractivity contribution >= 4 is 29.6 Å². The van der Waals surface area contributed by atoms with Crippen molar-refractivity contribution in [2.75, 3.05) is 13.1 Å². The minimum atomic E-state index is -5.32. The third-order valence-electron chi connectivity index (χ3n) is 6.76. The number of benzene rings is 2. The summed E-state index contributed by atoms with van der Waals surface area (Å²) in [6.45, 7) is 1.76. The topological polar surface area (TPSA) is 155 Å². The van der Waals surface area contributed by atoms with Gasteiger partial charge in [0, 0.05) is 25.2 Å². The molecule has 1 heterocycles. The van der Waals surface area contributed by atoms with Gasteiger partial charge in [-0.15, -0.1) is 0 Å². The van der Waals surface area contributed by atoms with E-state index >= 15 is 0 Å². The predicted octanol–water partition coefficient (Wildman–Crippen LogP) is 2.19. The summed E-state index contributed by atoms with van der Waals surface area (Å²) in [6, 6.07) is 10.7. The predicted molar refractivity (Wildman–Crippen MR) is 142 cm³/mol. The van der Waals surface area contributed by atoms with Gasteiger partial charge >= 0.3 is 18.1 Å². The largest absolute Gasteiger partial charge is 0.491 e. The number of hydrogen-bond donors (Lipinski definition) is 4. The van der Waals surface area contributed by atoms with Crippen molar-refractivity contribution in [3.63, 3.8) is 0 Å². The van der Waals surface area contributed by atoms with Crippen LogP contribution in [0.15, 0.2) is 48.5 Å². The van der Waals surface area contributed by atoms with Gasteiger partial charge in [-0.3, -0.25) is 24.7 Å². The highest BCUT2D eigenvalue weighted by molar-refractivity contribution is 5.95. The molecule has 42 heavy (non-hydrogen) atoms. The highest BCUT2D eigenvalue weighted by Gasteiger charge is 2.43. The Balaban J connectivity index is 1.60. The van der Waals surface area contributed by atoms with Gasteiger partial charge in [0.15, 0.2) is 0 Å². The fourth-order valence-corrected chi connectivity index (χ4v) is 4.59. The smallest absolute Gasteiger partial charge is 0.386 e. The van der Waals surface area contributed by atoms with Crippen LogP contribution >= 0.6 is 0 Å². The zero-order valence-corrected chi connectivity index (χ0v) is 22.7. The second kappa shape index (κ2) is 14.0. The zero-order chi connectivity index (χ0) is 31.0. The first-order valence-corrected chi connectivity index (χ1v) is 13.0. The quantitative estimate of drug-likeness (QED) is 0.102.